The van der Waals surface area contributed by atoms with Gasteiger partial charge in [-0.15, -0.1) is 0 Å². The zero-order valence-electron chi connectivity index (χ0n) is 18.1. The van der Waals surface area contributed by atoms with E-state index in [1.54, 1.807) is 0 Å². The second-order valence-corrected chi connectivity index (χ2v) is 7.35. The molecule has 158 valence electrons. The molecule has 27 heavy (non-hydrogen) atoms. The van der Waals surface area contributed by atoms with Gasteiger partial charge in [0.25, 0.3) is 0 Å². The van der Waals surface area contributed by atoms with Crippen molar-refractivity contribution in [1.29, 1.82) is 0 Å². The third-order valence-electron chi connectivity index (χ3n) is 5.15. The van der Waals surface area contributed by atoms with Gasteiger partial charge in [-0.05, 0) is 52.9 Å². The largest absolute Gasteiger partial charge is 0.378 e. The van der Waals surface area contributed by atoms with E-state index >= 15 is 0 Å². The zero-order valence-corrected chi connectivity index (χ0v) is 18.1. The Morgan fingerprint density at radius 2 is 1.78 bits per heavy atom. The summed E-state index contributed by atoms with van der Waals surface area (Å²) in [6.07, 6.45) is 10.3. The minimum Gasteiger partial charge on any atom is -0.378 e. The van der Waals surface area contributed by atoms with Gasteiger partial charge in [-0.25, -0.2) is 0 Å². The Kier molecular flexibility index (Phi) is 12.9. The van der Waals surface area contributed by atoms with Crippen LogP contribution in [0.25, 0.3) is 0 Å². The van der Waals surface area contributed by atoms with E-state index in [1.807, 2.05) is 30.7 Å². The van der Waals surface area contributed by atoms with Crippen molar-refractivity contribution in [3.05, 3.63) is 0 Å². The monoisotopic (exact) mass is 382 g/mol. The molecule has 0 aliphatic heterocycles. The Morgan fingerprint density at radius 3 is 2.41 bits per heavy atom. The lowest BCUT2D eigenvalue weighted by Gasteiger charge is -2.25. The van der Waals surface area contributed by atoms with Gasteiger partial charge in [-0.1, -0.05) is 19.3 Å². The van der Waals surface area contributed by atoms with Gasteiger partial charge in [0, 0.05) is 39.8 Å². The number of ether oxygens (including phenoxy) is 1. The molecule has 0 heterocycles. The molecular formula is C21H42N4O2. The average molecular weight is 383 g/mol. The van der Waals surface area contributed by atoms with Crippen LogP contribution in [0.4, 0.5) is 0 Å². The first-order chi connectivity index (χ1) is 13.1. The van der Waals surface area contributed by atoms with E-state index in [0.29, 0.717) is 12.6 Å². The highest BCUT2D eigenvalue weighted by Crippen LogP contribution is 2.20. The molecule has 0 aromatic carbocycles. The lowest BCUT2D eigenvalue weighted by molar-refractivity contribution is -0.131. The lowest BCUT2D eigenvalue weighted by atomic mass is 9.98. The van der Waals surface area contributed by atoms with E-state index in [1.165, 1.54) is 32.1 Å². The highest BCUT2D eigenvalue weighted by molar-refractivity contribution is 5.86. The molecule has 0 atom stereocenters. The Bertz CT molecular complexity index is 418. The van der Waals surface area contributed by atoms with Crippen LogP contribution in [0.2, 0.25) is 0 Å². The predicted octanol–water partition coefficient (Wildman–Crippen LogP) is 3.27. The van der Waals surface area contributed by atoms with Gasteiger partial charge in [-0.2, -0.15) is 0 Å². The fraction of sp³-hybridized carbons (Fsp3) is 0.905. The average Bonchev–Trinajstić information content (AvgIpc) is 2.68. The minimum absolute atomic E-state index is 0.146. The van der Waals surface area contributed by atoms with Crippen molar-refractivity contribution in [2.24, 2.45) is 4.99 Å². The summed E-state index contributed by atoms with van der Waals surface area (Å²) < 4.78 is 5.98. The van der Waals surface area contributed by atoms with E-state index < -0.39 is 0 Å². The first-order valence-electron chi connectivity index (χ1n) is 11.0. The Labute approximate surface area is 166 Å². The maximum absolute atomic E-state index is 12.3. The van der Waals surface area contributed by atoms with Gasteiger partial charge in [0.05, 0.1) is 12.6 Å². The minimum atomic E-state index is 0.146. The predicted molar refractivity (Wildman–Crippen MR) is 113 cm³/mol. The summed E-state index contributed by atoms with van der Waals surface area (Å²) in [6, 6.07) is 0. The van der Waals surface area contributed by atoms with Crippen LogP contribution in [0.1, 0.15) is 72.1 Å². The Morgan fingerprint density at radius 1 is 1.07 bits per heavy atom. The quantitative estimate of drug-likeness (QED) is 0.320. The molecule has 1 aliphatic carbocycles. The number of carbonyl (C=O) groups is 1. The van der Waals surface area contributed by atoms with Crippen LogP contribution in [0.3, 0.4) is 0 Å². The van der Waals surface area contributed by atoms with Crippen molar-refractivity contribution in [3.63, 3.8) is 0 Å². The number of likely N-dealkylation sites (N-methyl/N-ethyl adjacent to an activating group) is 2. The highest BCUT2D eigenvalue weighted by atomic mass is 16.5. The van der Waals surface area contributed by atoms with Crippen LogP contribution in [0, 0.1) is 0 Å². The molecule has 1 amide bonds. The van der Waals surface area contributed by atoms with E-state index in [4.69, 9.17) is 4.74 Å². The topological polar surface area (TPSA) is 57.2 Å². The smallest absolute Gasteiger partial charge is 0.242 e. The molecule has 1 aliphatic rings. The first kappa shape index (κ1) is 23.7. The molecule has 6 nitrogen and oxygen atoms in total. The molecule has 6 heteroatoms. The number of hydrogen-bond acceptors (Lipinski definition) is 3. The van der Waals surface area contributed by atoms with Crippen LogP contribution in [0.5, 0.6) is 0 Å². The number of unbranched alkanes of at least 4 members (excludes halogenated alkanes) is 2. The number of amides is 1. The molecule has 0 bridgehead atoms. The van der Waals surface area contributed by atoms with Crippen molar-refractivity contribution in [1.82, 2.24) is 15.1 Å². The summed E-state index contributed by atoms with van der Waals surface area (Å²) in [4.78, 5) is 20.8. The Balaban J connectivity index is 2.25. The van der Waals surface area contributed by atoms with Crippen molar-refractivity contribution >= 4 is 11.9 Å². The van der Waals surface area contributed by atoms with Crippen molar-refractivity contribution < 1.29 is 9.53 Å². The third-order valence-corrected chi connectivity index (χ3v) is 5.15. The zero-order chi connectivity index (χ0) is 19.9. The lowest BCUT2D eigenvalue weighted by Crippen LogP contribution is -2.45. The van der Waals surface area contributed by atoms with Crippen LogP contribution in [-0.2, 0) is 9.53 Å². The van der Waals surface area contributed by atoms with Gasteiger partial charge in [0.1, 0.15) is 0 Å². The number of nitrogens with one attached hydrogen (secondary N) is 1. The van der Waals surface area contributed by atoms with Crippen molar-refractivity contribution in [2.75, 3.05) is 46.4 Å². The molecule has 1 saturated carbocycles. The molecule has 0 aromatic rings. The van der Waals surface area contributed by atoms with Crippen LogP contribution < -0.4 is 5.32 Å². The number of carbonyl (C=O) groups excluding carboxylic acids is 1. The summed E-state index contributed by atoms with van der Waals surface area (Å²) in [5, 5.41) is 3.29. The summed E-state index contributed by atoms with van der Waals surface area (Å²) in [5.74, 6) is 0.962. The van der Waals surface area contributed by atoms with Crippen molar-refractivity contribution in [3.8, 4) is 0 Å². The fourth-order valence-electron chi connectivity index (χ4n) is 3.48. The van der Waals surface area contributed by atoms with E-state index in [-0.39, 0.29) is 5.91 Å². The molecular weight excluding hydrogens is 340 g/mol. The molecule has 0 aromatic heterocycles. The first-order valence-corrected chi connectivity index (χ1v) is 11.0. The standard InChI is InChI=1S/C21H42N4O2/c1-5-22-21(24(4)18-20(26)25(6-2)7-3)23-16-12-9-13-17-27-19-14-10-8-11-15-19/h19H,5-18H2,1-4H3,(H,22,23). The van der Waals surface area contributed by atoms with Gasteiger partial charge in [-0.3, -0.25) is 9.79 Å². The SMILES string of the molecule is CCNC(=NCCCCCOC1CCCCC1)N(C)CC(=O)N(CC)CC. The number of hydrogen-bond donors (Lipinski definition) is 1. The van der Waals surface area contributed by atoms with Gasteiger partial charge >= 0.3 is 0 Å². The molecule has 1 rings (SSSR count). The molecule has 0 unspecified atom stereocenters. The second kappa shape index (κ2) is 14.7. The van der Waals surface area contributed by atoms with Gasteiger partial charge in [0.15, 0.2) is 5.96 Å². The third kappa shape index (κ3) is 9.99. The summed E-state index contributed by atoms with van der Waals surface area (Å²) in [6.45, 7) is 10.4. The summed E-state index contributed by atoms with van der Waals surface area (Å²) in [5.41, 5.74) is 0. The van der Waals surface area contributed by atoms with Crippen LogP contribution in [-0.4, -0.2) is 74.1 Å². The second-order valence-electron chi connectivity index (χ2n) is 7.35. The van der Waals surface area contributed by atoms with Gasteiger partial charge < -0.3 is 19.9 Å². The van der Waals surface area contributed by atoms with Crippen LogP contribution >= 0.6 is 0 Å². The number of rotatable bonds is 12. The molecule has 0 spiro atoms. The van der Waals surface area contributed by atoms with E-state index in [2.05, 4.69) is 17.2 Å². The maximum Gasteiger partial charge on any atom is 0.242 e. The number of aliphatic imine (C=N–C) groups is 1. The summed E-state index contributed by atoms with van der Waals surface area (Å²) in [7, 11) is 1.93. The summed E-state index contributed by atoms with van der Waals surface area (Å²) >= 11 is 0. The molecule has 1 fully saturated rings. The molecule has 0 radical (unpaired) electrons. The Hall–Kier alpha value is -1.30. The highest BCUT2D eigenvalue weighted by Gasteiger charge is 2.15. The fourth-order valence-corrected chi connectivity index (χ4v) is 3.48. The molecule has 1 N–H and O–H groups in total. The number of guanidine groups is 1. The maximum atomic E-state index is 12.3. The van der Waals surface area contributed by atoms with Crippen LogP contribution in [0.15, 0.2) is 4.99 Å². The van der Waals surface area contributed by atoms with Gasteiger partial charge in [0.2, 0.25) is 5.91 Å². The van der Waals surface area contributed by atoms with E-state index in [9.17, 15) is 4.79 Å². The van der Waals surface area contributed by atoms with E-state index in [0.717, 1.165) is 58.0 Å². The normalized spacial score (nSPS) is 15.6. The number of nitrogens with zero attached hydrogens (tertiary/aromatic N) is 3. The molecule has 0 saturated heterocycles. The van der Waals surface area contributed by atoms with Crippen molar-refractivity contribution in [2.45, 2.75) is 78.2 Å².